The van der Waals surface area contributed by atoms with Crippen molar-refractivity contribution >= 4 is 11.8 Å². The third-order valence-electron chi connectivity index (χ3n) is 4.92. The van der Waals surface area contributed by atoms with E-state index in [9.17, 15) is 9.59 Å². The van der Waals surface area contributed by atoms with Crippen LogP contribution in [0.5, 0.6) is 0 Å². The second kappa shape index (κ2) is 6.59. The Labute approximate surface area is 122 Å². The number of piperazine rings is 1. The maximum Gasteiger partial charge on any atom is 0.245 e. The minimum atomic E-state index is -0.369. The summed E-state index contributed by atoms with van der Waals surface area (Å²) in [5, 5.41) is 2.87. The quantitative estimate of drug-likeness (QED) is 0.859. The van der Waals surface area contributed by atoms with E-state index in [4.69, 9.17) is 0 Å². The Morgan fingerprint density at radius 1 is 1.25 bits per heavy atom. The van der Waals surface area contributed by atoms with Gasteiger partial charge in [0.25, 0.3) is 0 Å². The summed E-state index contributed by atoms with van der Waals surface area (Å²) in [7, 11) is 0. The number of carbonyl (C=O) groups is 2. The lowest BCUT2D eigenvalue weighted by atomic mass is 9.81. The van der Waals surface area contributed by atoms with Crippen LogP contribution in [-0.2, 0) is 9.59 Å². The van der Waals surface area contributed by atoms with Gasteiger partial charge in [0.15, 0.2) is 0 Å². The molecule has 1 aliphatic carbocycles. The highest BCUT2D eigenvalue weighted by Crippen LogP contribution is 2.31. The largest absolute Gasteiger partial charge is 0.343 e. The SMILES string of the molecule is CCC(C)CN1C(=O)C(C)NC(=O)C1C1CCCCC1. The molecule has 1 N–H and O–H groups in total. The molecule has 4 nitrogen and oxygen atoms in total. The molecular weight excluding hydrogens is 252 g/mol. The van der Waals surface area contributed by atoms with Crippen LogP contribution in [0.1, 0.15) is 59.3 Å². The summed E-state index contributed by atoms with van der Waals surface area (Å²) in [5.74, 6) is 0.958. The second-order valence-corrected chi connectivity index (χ2v) is 6.58. The predicted octanol–water partition coefficient (Wildman–Crippen LogP) is 2.33. The first-order valence-corrected chi connectivity index (χ1v) is 8.15. The topological polar surface area (TPSA) is 49.4 Å². The third-order valence-corrected chi connectivity index (χ3v) is 4.92. The molecule has 114 valence electrons. The van der Waals surface area contributed by atoms with Crippen LogP contribution < -0.4 is 5.32 Å². The van der Waals surface area contributed by atoms with Gasteiger partial charge in [0.1, 0.15) is 12.1 Å². The maximum atomic E-state index is 12.5. The smallest absolute Gasteiger partial charge is 0.245 e. The van der Waals surface area contributed by atoms with E-state index in [0.717, 1.165) is 19.3 Å². The first kappa shape index (κ1) is 15.3. The van der Waals surface area contributed by atoms with E-state index in [1.54, 1.807) is 6.92 Å². The third kappa shape index (κ3) is 3.15. The summed E-state index contributed by atoms with van der Waals surface area (Å²) < 4.78 is 0. The van der Waals surface area contributed by atoms with Gasteiger partial charge in [-0.1, -0.05) is 39.5 Å². The average Bonchev–Trinajstić information content (AvgIpc) is 2.45. The molecule has 2 aliphatic rings. The van der Waals surface area contributed by atoms with Gasteiger partial charge in [0, 0.05) is 6.54 Å². The summed E-state index contributed by atoms with van der Waals surface area (Å²) in [6.45, 7) is 6.80. The van der Waals surface area contributed by atoms with E-state index < -0.39 is 0 Å². The Morgan fingerprint density at radius 3 is 2.50 bits per heavy atom. The molecular formula is C16H28N2O2. The highest BCUT2D eigenvalue weighted by atomic mass is 16.2. The predicted molar refractivity (Wildman–Crippen MR) is 79.1 cm³/mol. The van der Waals surface area contributed by atoms with E-state index in [1.165, 1.54) is 19.3 Å². The summed E-state index contributed by atoms with van der Waals surface area (Å²) in [6, 6.07) is -0.598. The first-order chi connectivity index (χ1) is 9.54. The molecule has 0 bridgehead atoms. The monoisotopic (exact) mass is 280 g/mol. The van der Waals surface area contributed by atoms with Crippen molar-refractivity contribution in [3.05, 3.63) is 0 Å². The highest BCUT2D eigenvalue weighted by molar-refractivity contribution is 5.96. The van der Waals surface area contributed by atoms with Crippen LogP contribution in [0.2, 0.25) is 0 Å². The van der Waals surface area contributed by atoms with Crippen molar-refractivity contribution in [2.24, 2.45) is 11.8 Å². The molecule has 0 spiro atoms. The Morgan fingerprint density at radius 2 is 1.90 bits per heavy atom. The van der Waals surface area contributed by atoms with E-state index in [1.807, 2.05) is 4.90 Å². The number of amides is 2. The van der Waals surface area contributed by atoms with Crippen molar-refractivity contribution in [2.75, 3.05) is 6.54 Å². The van der Waals surface area contributed by atoms with Gasteiger partial charge in [0.05, 0.1) is 0 Å². The minimum absolute atomic E-state index is 0.0623. The van der Waals surface area contributed by atoms with Gasteiger partial charge < -0.3 is 10.2 Å². The highest BCUT2D eigenvalue weighted by Gasteiger charge is 2.43. The van der Waals surface area contributed by atoms with E-state index in [2.05, 4.69) is 19.2 Å². The van der Waals surface area contributed by atoms with Crippen LogP contribution in [0.3, 0.4) is 0 Å². The molecule has 2 amide bonds. The zero-order valence-corrected chi connectivity index (χ0v) is 13.0. The molecule has 0 aromatic heterocycles. The molecule has 0 radical (unpaired) electrons. The fraction of sp³-hybridized carbons (Fsp3) is 0.875. The van der Waals surface area contributed by atoms with Gasteiger partial charge in [-0.15, -0.1) is 0 Å². The van der Waals surface area contributed by atoms with E-state index >= 15 is 0 Å². The van der Waals surface area contributed by atoms with Crippen molar-refractivity contribution in [3.8, 4) is 0 Å². The fourth-order valence-electron chi connectivity index (χ4n) is 3.47. The van der Waals surface area contributed by atoms with Gasteiger partial charge >= 0.3 is 0 Å². The number of hydrogen-bond donors (Lipinski definition) is 1. The zero-order valence-electron chi connectivity index (χ0n) is 13.0. The van der Waals surface area contributed by atoms with E-state index in [-0.39, 0.29) is 23.9 Å². The fourth-order valence-corrected chi connectivity index (χ4v) is 3.47. The number of rotatable bonds is 4. The summed E-state index contributed by atoms with van der Waals surface area (Å²) in [5.41, 5.74) is 0. The molecule has 3 unspecified atom stereocenters. The average molecular weight is 280 g/mol. The van der Waals surface area contributed by atoms with Gasteiger partial charge in [-0.3, -0.25) is 9.59 Å². The minimum Gasteiger partial charge on any atom is -0.343 e. The van der Waals surface area contributed by atoms with Crippen LogP contribution in [-0.4, -0.2) is 35.3 Å². The molecule has 20 heavy (non-hydrogen) atoms. The van der Waals surface area contributed by atoms with Crippen molar-refractivity contribution < 1.29 is 9.59 Å². The Hall–Kier alpha value is -1.06. The van der Waals surface area contributed by atoms with Crippen molar-refractivity contribution in [1.82, 2.24) is 10.2 Å². The second-order valence-electron chi connectivity index (χ2n) is 6.58. The molecule has 3 atom stereocenters. The zero-order chi connectivity index (χ0) is 14.7. The molecule has 0 aromatic carbocycles. The summed E-state index contributed by atoms with van der Waals surface area (Å²) >= 11 is 0. The lowest BCUT2D eigenvalue weighted by molar-refractivity contribution is -0.152. The lowest BCUT2D eigenvalue weighted by Crippen LogP contribution is -2.65. The molecule has 0 aromatic rings. The Balaban J connectivity index is 2.18. The molecule has 1 aliphatic heterocycles. The van der Waals surface area contributed by atoms with Crippen LogP contribution in [0.15, 0.2) is 0 Å². The molecule has 2 fully saturated rings. The number of carbonyl (C=O) groups excluding carboxylic acids is 2. The van der Waals surface area contributed by atoms with Crippen molar-refractivity contribution in [1.29, 1.82) is 0 Å². The van der Waals surface area contributed by atoms with Crippen LogP contribution in [0, 0.1) is 11.8 Å². The first-order valence-electron chi connectivity index (χ1n) is 8.15. The Bertz CT molecular complexity index is 363. The summed E-state index contributed by atoms with van der Waals surface area (Å²) in [4.78, 5) is 26.8. The number of nitrogens with zero attached hydrogens (tertiary/aromatic N) is 1. The van der Waals surface area contributed by atoms with E-state index in [0.29, 0.717) is 18.4 Å². The Kier molecular flexibility index (Phi) is 5.06. The molecule has 1 saturated carbocycles. The van der Waals surface area contributed by atoms with Gasteiger partial charge in [-0.2, -0.15) is 0 Å². The van der Waals surface area contributed by atoms with Gasteiger partial charge in [0.2, 0.25) is 11.8 Å². The van der Waals surface area contributed by atoms with Gasteiger partial charge in [-0.05, 0) is 31.6 Å². The lowest BCUT2D eigenvalue weighted by Gasteiger charge is -2.43. The molecule has 2 rings (SSSR count). The number of nitrogens with one attached hydrogen (secondary N) is 1. The van der Waals surface area contributed by atoms with Crippen molar-refractivity contribution in [2.45, 2.75) is 71.4 Å². The molecule has 1 heterocycles. The normalized spacial score (nSPS) is 30.2. The number of hydrogen-bond acceptors (Lipinski definition) is 2. The summed E-state index contributed by atoms with van der Waals surface area (Å²) in [6.07, 6.45) is 6.84. The van der Waals surface area contributed by atoms with Crippen LogP contribution in [0.25, 0.3) is 0 Å². The molecule has 1 saturated heterocycles. The van der Waals surface area contributed by atoms with Crippen LogP contribution >= 0.6 is 0 Å². The van der Waals surface area contributed by atoms with Crippen LogP contribution in [0.4, 0.5) is 0 Å². The standard InChI is InChI=1S/C16H28N2O2/c1-4-11(2)10-18-14(13-8-6-5-7-9-13)15(19)17-12(3)16(18)20/h11-14H,4-10H2,1-3H3,(H,17,19). The maximum absolute atomic E-state index is 12.5. The molecule has 4 heteroatoms. The van der Waals surface area contributed by atoms with Crippen molar-refractivity contribution in [3.63, 3.8) is 0 Å². The van der Waals surface area contributed by atoms with Gasteiger partial charge in [-0.25, -0.2) is 0 Å².